The van der Waals surface area contributed by atoms with Crippen molar-refractivity contribution in [1.29, 1.82) is 0 Å². The second kappa shape index (κ2) is 20.5. The molecule has 0 spiro atoms. The average Bonchev–Trinajstić information content (AvgIpc) is 1.72. The standard InChI is InChI=1S/2C7H16N.2ClH.2Li.Mg/c2*1-6(2)8-7(3,4)5;;;;;/h2*6H,1-5H3;2*1H;;;/q2*-1;;;2*+1;+2/p-2. The molecule has 0 aliphatic heterocycles. The van der Waals surface area contributed by atoms with Crippen molar-refractivity contribution in [2.45, 2.75) is 92.4 Å². The van der Waals surface area contributed by atoms with E-state index in [0.717, 1.165) is 0 Å². The Morgan fingerprint density at radius 3 is 0.714 bits per heavy atom. The molecule has 0 heterocycles. The first kappa shape index (κ1) is 43.7. The summed E-state index contributed by atoms with van der Waals surface area (Å²) in [6.45, 7) is 21.1. The van der Waals surface area contributed by atoms with Crippen molar-refractivity contribution >= 4 is 23.1 Å². The van der Waals surface area contributed by atoms with Crippen molar-refractivity contribution in [1.82, 2.24) is 0 Å². The molecule has 7 heteroatoms. The Hall–Kier alpha value is 2.46. The fourth-order valence-electron chi connectivity index (χ4n) is 1.55. The van der Waals surface area contributed by atoms with Gasteiger partial charge in [0.2, 0.25) is 0 Å². The molecule has 0 N–H and O–H groups in total. The summed E-state index contributed by atoms with van der Waals surface area (Å²) in [6, 6.07) is 0.935. The summed E-state index contributed by atoms with van der Waals surface area (Å²) < 4.78 is 0. The molecule has 0 aromatic rings. The Balaban J connectivity index is -0.0000000302. The third-order valence-corrected chi connectivity index (χ3v) is 1.29. The van der Waals surface area contributed by atoms with Crippen LogP contribution in [0, 0.1) is 0 Å². The zero-order valence-corrected chi connectivity index (χ0v) is 19.4. The van der Waals surface area contributed by atoms with E-state index in [0.29, 0.717) is 12.1 Å². The van der Waals surface area contributed by atoms with Crippen LogP contribution in [0.3, 0.4) is 0 Å². The first-order valence-corrected chi connectivity index (χ1v) is 6.27. The molecule has 0 saturated carbocycles. The predicted octanol–water partition coefficient (Wildman–Crippen LogP) is -7.23. The van der Waals surface area contributed by atoms with Gasteiger partial charge < -0.3 is 35.4 Å². The second-order valence-electron chi connectivity index (χ2n) is 6.79. The minimum Gasteiger partial charge on any atom is -1.00 e. The van der Waals surface area contributed by atoms with E-state index in [1.807, 2.05) is 0 Å². The third-order valence-electron chi connectivity index (χ3n) is 1.29. The number of hydrogen-bond acceptors (Lipinski definition) is 0. The molecule has 116 valence electrons. The zero-order valence-electron chi connectivity index (χ0n) is 16.5. The van der Waals surface area contributed by atoms with Crippen LogP contribution in [-0.4, -0.2) is 46.2 Å². The van der Waals surface area contributed by atoms with Crippen LogP contribution in [0.5, 0.6) is 0 Å². The largest absolute Gasteiger partial charge is 2.00 e. The molecule has 0 amide bonds. The molecule has 0 saturated heterocycles. The average molecular weight is 338 g/mol. The molecule has 21 heavy (non-hydrogen) atoms. The summed E-state index contributed by atoms with van der Waals surface area (Å²) in [7, 11) is 0. The molecule has 0 radical (unpaired) electrons. The van der Waals surface area contributed by atoms with Crippen molar-refractivity contribution in [2.75, 3.05) is 0 Å². The van der Waals surface area contributed by atoms with Gasteiger partial charge in [-0.2, -0.15) is 0 Å². The molecule has 0 aliphatic carbocycles. The Bertz CT molecular complexity index is 163. The SMILES string of the molecule is CC(C)[N-]C(C)(C)C.CC(C)[N-]C(C)(C)C.[Cl-].[Cl-].[Li+].[Li+].[Mg+2]. The van der Waals surface area contributed by atoms with Crippen LogP contribution in [0.15, 0.2) is 0 Å². The number of hydrogen-bond donors (Lipinski definition) is 0. The van der Waals surface area contributed by atoms with Gasteiger partial charge in [0, 0.05) is 0 Å². The number of nitrogens with zero attached hydrogens (tertiary/aromatic N) is 2. The van der Waals surface area contributed by atoms with Crippen LogP contribution < -0.4 is 62.5 Å². The van der Waals surface area contributed by atoms with Crippen LogP contribution in [0.2, 0.25) is 0 Å². The quantitative estimate of drug-likeness (QED) is 0.448. The van der Waals surface area contributed by atoms with Gasteiger partial charge in [-0.05, 0) is 0 Å². The van der Waals surface area contributed by atoms with Gasteiger partial charge in [-0.1, -0.05) is 69.2 Å². The second-order valence-corrected chi connectivity index (χ2v) is 6.79. The van der Waals surface area contributed by atoms with E-state index < -0.39 is 0 Å². The summed E-state index contributed by atoms with van der Waals surface area (Å²) in [5.74, 6) is 0. The molecule has 0 rings (SSSR count). The predicted molar refractivity (Wildman–Crippen MR) is 82.3 cm³/mol. The monoisotopic (exact) mass is 336 g/mol. The molecule has 0 aromatic heterocycles. The smallest absolute Gasteiger partial charge is 1.00 e. The topological polar surface area (TPSA) is 28.2 Å². The molecule has 2 nitrogen and oxygen atoms in total. The molecular weight excluding hydrogens is 305 g/mol. The van der Waals surface area contributed by atoms with Gasteiger partial charge in [-0.3, -0.25) is 0 Å². The summed E-state index contributed by atoms with van der Waals surface area (Å²) in [6.07, 6.45) is 0. The maximum Gasteiger partial charge on any atom is 2.00 e. The molecule has 0 unspecified atom stereocenters. The van der Waals surface area contributed by atoms with Crippen molar-refractivity contribution in [3.05, 3.63) is 10.6 Å². The fourth-order valence-corrected chi connectivity index (χ4v) is 1.55. The van der Waals surface area contributed by atoms with Gasteiger partial charge in [0.15, 0.2) is 0 Å². The Morgan fingerprint density at radius 1 is 0.571 bits per heavy atom. The first-order valence-electron chi connectivity index (χ1n) is 6.27. The maximum atomic E-state index is 4.41. The minimum absolute atomic E-state index is 0. The molecular formula is C14H32Cl2Li2MgN2. The van der Waals surface area contributed by atoms with E-state index in [9.17, 15) is 0 Å². The van der Waals surface area contributed by atoms with Crippen LogP contribution in [0.4, 0.5) is 0 Å². The van der Waals surface area contributed by atoms with Crippen molar-refractivity contribution < 1.29 is 62.5 Å². The molecule has 0 aliphatic rings. The molecule has 0 aromatic carbocycles. The number of halogens is 2. The van der Waals surface area contributed by atoms with Crippen LogP contribution in [0.25, 0.3) is 10.6 Å². The van der Waals surface area contributed by atoms with Crippen molar-refractivity contribution in [2.24, 2.45) is 0 Å². The van der Waals surface area contributed by atoms with Crippen LogP contribution in [0.1, 0.15) is 69.2 Å². The van der Waals surface area contributed by atoms with E-state index >= 15 is 0 Å². The van der Waals surface area contributed by atoms with Gasteiger partial charge in [0.1, 0.15) is 0 Å². The summed E-state index contributed by atoms with van der Waals surface area (Å²) in [5, 5.41) is 8.82. The van der Waals surface area contributed by atoms with Crippen LogP contribution in [-0.2, 0) is 0 Å². The third kappa shape index (κ3) is 60.6. The Kier molecular flexibility index (Phi) is 42.7. The van der Waals surface area contributed by atoms with Gasteiger partial charge in [-0.15, -0.1) is 23.2 Å². The van der Waals surface area contributed by atoms with Crippen LogP contribution >= 0.6 is 0 Å². The maximum absolute atomic E-state index is 4.41. The van der Waals surface area contributed by atoms with Crippen molar-refractivity contribution in [3.8, 4) is 0 Å². The van der Waals surface area contributed by atoms with Gasteiger partial charge in [0.05, 0.1) is 0 Å². The molecule has 0 bridgehead atoms. The zero-order chi connectivity index (χ0) is 13.6. The normalized spacial score (nSPS) is 9.71. The van der Waals surface area contributed by atoms with E-state index in [2.05, 4.69) is 79.9 Å². The Labute approximate surface area is 187 Å². The minimum atomic E-state index is 0. The summed E-state index contributed by atoms with van der Waals surface area (Å²) >= 11 is 0. The van der Waals surface area contributed by atoms with Gasteiger partial charge in [0.25, 0.3) is 0 Å². The summed E-state index contributed by atoms with van der Waals surface area (Å²) in [4.78, 5) is 0. The van der Waals surface area contributed by atoms with E-state index in [4.69, 9.17) is 0 Å². The molecule has 0 atom stereocenters. The van der Waals surface area contributed by atoms with E-state index in [1.165, 1.54) is 0 Å². The summed E-state index contributed by atoms with van der Waals surface area (Å²) in [5.41, 5.74) is 0.294. The van der Waals surface area contributed by atoms with E-state index in [1.54, 1.807) is 0 Å². The van der Waals surface area contributed by atoms with Crippen molar-refractivity contribution in [3.63, 3.8) is 0 Å². The van der Waals surface area contributed by atoms with Gasteiger partial charge in [-0.25, -0.2) is 0 Å². The number of rotatable bonds is 2. The van der Waals surface area contributed by atoms with E-state index in [-0.39, 0.29) is 96.7 Å². The fraction of sp³-hybridized carbons (Fsp3) is 1.00. The first-order chi connectivity index (χ1) is 6.83. The molecule has 0 fully saturated rings. The Morgan fingerprint density at radius 2 is 0.714 bits per heavy atom. The van der Waals surface area contributed by atoms with Gasteiger partial charge >= 0.3 is 60.8 Å².